The van der Waals surface area contributed by atoms with Gasteiger partial charge in [-0.3, -0.25) is 37.3 Å². The number of phosphoric acid groups is 2. The summed E-state index contributed by atoms with van der Waals surface area (Å²) in [5, 5.41) is 10.6. The van der Waals surface area contributed by atoms with Gasteiger partial charge >= 0.3 is 39.5 Å². The van der Waals surface area contributed by atoms with Crippen LogP contribution in [0.25, 0.3) is 0 Å². The highest BCUT2D eigenvalue weighted by molar-refractivity contribution is 7.47. The van der Waals surface area contributed by atoms with Crippen LogP contribution in [-0.2, 0) is 65.4 Å². The number of esters is 4. The fourth-order valence-corrected chi connectivity index (χ4v) is 13.8. The maximum atomic E-state index is 13.1. The predicted octanol–water partition coefficient (Wildman–Crippen LogP) is 23.6. The van der Waals surface area contributed by atoms with Gasteiger partial charge in [-0.05, 0) is 31.6 Å². The summed E-state index contributed by atoms with van der Waals surface area (Å²) in [7, 11) is -9.91. The van der Waals surface area contributed by atoms with Gasteiger partial charge < -0.3 is 33.8 Å². The fraction of sp³-hybridized carbons (Fsp3) is 0.949. The van der Waals surface area contributed by atoms with Gasteiger partial charge in [0.05, 0.1) is 26.4 Å². The lowest BCUT2D eigenvalue weighted by Crippen LogP contribution is -2.30. The molecule has 0 aromatic rings. The zero-order chi connectivity index (χ0) is 71.9. The third kappa shape index (κ3) is 72.4. The van der Waals surface area contributed by atoms with E-state index in [4.69, 9.17) is 37.0 Å². The summed E-state index contributed by atoms with van der Waals surface area (Å²) in [5.41, 5.74) is 0. The van der Waals surface area contributed by atoms with Crippen LogP contribution in [0.3, 0.4) is 0 Å². The van der Waals surface area contributed by atoms with Gasteiger partial charge in [0.2, 0.25) is 0 Å². The molecular formula is C79H154O17P2. The zero-order valence-electron chi connectivity index (χ0n) is 63.9. The van der Waals surface area contributed by atoms with Crippen molar-refractivity contribution in [1.82, 2.24) is 0 Å². The molecule has 0 heterocycles. The smallest absolute Gasteiger partial charge is 0.462 e. The van der Waals surface area contributed by atoms with E-state index in [1.54, 1.807) is 0 Å². The number of hydrogen-bond donors (Lipinski definition) is 3. The number of hydrogen-bond acceptors (Lipinski definition) is 15. The normalized spacial score (nSPS) is 13.9. The lowest BCUT2D eigenvalue weighted by molar-refractivity contribution is -0.161. The number of carbonyl (C=O) groups is 4. The number of phosphoric ester groups is 2. The molecule has 17 nitrogen and oxygen atoms in total. The second-order valence-electron chi connectivity index (χ2n) is 28.9. The Morgan fingerprint density at radius 2 is 0.469 bits per heavy atom. The molecule has 0 aliphatic carbocycles. The molecule has 0 aliphatic heterocycles. The van der Waals surface area contributed by atoms with E-state index in [0.29, 0.717) is 25.7 Å². The van der Waals surface area contributed by atoms with Gasteiger partial charge in [-0.1, -0.05) is 369 Å². The molecule has 0 amide bonds. The Bertz CT molecular complexity index is 1870. The topological polar surface area (TPSA) is 237 Å². The van der Waals surface area contributed by atoms with Crippen molar-refractivity contribution in [3.8, 4) is 0 Å². The lowest BCUT2D eigenvalue weighted by Gasteiger charge is -2.21. The number of rotatable bonds is 79. The average Bonchev–Trinajstić information content (AvgIpc) is 1.04. The van der Waals surface area contributed by atoms with Crippen molar-refractivity contribution in [2.24, 2.45) is 5.92 Å². The molecular weight excluding hydrogens is 1280 g/mol. The summed E-state index contributed by atoms with van der Waals surface area (Å²) in [6, 6.07) is 0. The minimum atomic E-state index is -4.96. The summed E-state index contributed by atoms with van der Waals surface area (Å²) in [6.07, 6.45) is 62.6. The largest absolute Gasteiger partial charge is 0.472 e. The van der Waals surface area contributed by atoms with Crippen molar-refractivity contribution in [3.05, 3.63) is 0 Å². The Morgan fingerprint density at radius 1 is 0.276 bits per heavy atom. The third-order valence-electron chi connectivity index (χ3n) is 18.5. The maximum Gasteiger partial charge on any atom is 0.472 e. The van der Waals surface area contributed by atoms with Crippen LogP contribution in [0.2, 0.25) is 0 Å². The van der Waals surface area contributed by atoms with Crippen LogP contribution in [0.15, 0.2) is 0 Å². The summed E-state index contributed by atoms with van der Waals surface area (Å²) in [4.78, 5) is 72.8. The molecule has 19 heteroatoms. The van der Waals surface area contributed by atoms with E-state index in [0.717, 1.165) is 102 Å². The monoisotopic (exact) mass is 1440 g/mol. The van der Waals surface area contributed by atoms with E-state index in [1.807, 2.05) is 0 Å². The van der Waals surface area contributed by atoms with Crippen LogP contribution in [0.1, 0.15) is 420 Å². The predicted molar refractivity (Wildman–Crippen MR) is 400 cm³/mol. The SMILES string of the molecule is CCCCCCCCCCCCCCCCCCCCCCCCC(=O)O[C@H](COC(=O)CCCCCCCCCCCCCCCCC(C)C)COP(=O)(O)OC[C@@H](O)COP(=O)(O)OC[C@@H](COC(=O)CCCCCCCCCC)OC(=O)CCCCCCCCCCCCC. The molecule has 582 valence electrons. The molecule has 0 aliphatic rings. The zero-order valence-corrected chi connectivity index (χ0v) is 65.7. The van der Waals surface area contributed by atoms with Gasteiger partial charge in [-0.25, -0.2) is 9.13 Å². The van der Waals surface area contributed by atoms with Crippen molar-refractivity contribution >= 4 is 39.5 Å². The highest BCUT2D eigenvalue weighted by Gasteiger charge is 2.30. The lowest BCUT2D eigenvalue weighted by atomic mass is 10.0. The average molecular weight is 1440 g/mol. The second kappa shape index (κ2) is 72.0. The molecule has 5 atom stereocenters. The van der Waals surface area contributed by atoms with Crippen LogP contribution in [0.4, 0.5) is 0 Å². The summed E-state index contributed by atoms with van der Waals surface area (Å²) < 4.78 is 68.5. The summed E-state index contributed by atoms with van der Waals surface area (Å²) in [6.45, 7) is 7.30. The van der Waals surface area contributed by atoms with Crippen molar-refractivity contribution in [3.63, 3.8) is 0 Å². The number of aliphatic hydroxyl groups excluding tert-OH is 1. The Morgan fingerprint density at radius 3 is 0.694 bits per heavy atom. The number of aliphatic hydroxyl groups is 1. The fourth-order valence-electron chi connectivity index (χ4n) is 12.2. The van der Waals surface area contributed by atoms with E-state index >= 15 is 0 Å². The van der Waals surface area contributed by atoms with Gasteiger partial charge in [0.25, 0.3) is 0 Å². The van der Waals surface area contributed by atoms with E-state index in [2.05, 4.69) is 34.6 Å². The standard InChI is InChI=1S/C79H154O17P2/c1-6-9-12-15-18-21-23-24-25-26-27-28-29-30-31-32-37-41-45-50-55-60-65-79(84)96-75(69-90-77(82)63-58-53-48-43-40-36-34-33-35-39-42-46-51-56-61-72(4)5)71-94-98(87,88)92-67-73(80)66-91-97(85,86)93-70-74(68-89-76(81)62-57-52-47-20-17-14-11-8-3)95-78(83)64-59-54-49-44-38-22-19-16-13-10-7-2/h72-75,80H,6-71H2,1-5H3,(H,85,86)(H,87,88)/t73-,74+,75+/m0/s1. The molecule has 98 heavy (non-hydrogen) atoms. The molecule has 2 unspecified atom stereocenters. The number of unbranched alkanes of at least 4 members (excludes halogenated alkanes) is 51. The Balaban J connectivity index is 5.16. The molecule has 0 rings (SSSR count). The molecule has 3 N–H and O–H groups in total. The van der Waals surface area contributed by atoms with E-state index in [-0.39, 0.29) is 25.7 Å². The van der Waals surface area contributed by atoms with Crippen LogP contribution in [0.5, 0.6) is 0 Å². The first kappa shape index (κ1) is 96.1. The van der Waals surface area contributed by atoms with Gasteiger partial charge in [0.1, 0.15) is 19.3 Å². The molecule has 0 bridgehead atoms. The van der Waals surface area contributed by atoms with Crippen molar-refractivity contribution in [1.29, 1.82) is 0 Å². The van der Waals surface area contributed by atoms with E-state index in [9.17, 15) is 43.2 Å². The minimum Gasteiger partial charge on any atom is -0.462 e. The molecule has 0 aromatic heterocycles. The van der Waals surface area contributed by atoms with Gasteiger partial charge in [-0.2, -0.15) is 0 Å². The maximum absolute atomic E-state index is 13.1. The van der Waals surface area contributed by atoms with Gasteiger partial charge in [0, 0.05) is 25.7 Å². The van der Waals surface area contributed by atoms with E-state index < -0.39 is 97.5 Å². The van der Waals surface area contributed by atoms with Crippen molar-refractivity contribution in [2.45, 2.75) is 438 Å². The first-order valence-corrected chi connectivity index (χ1v) is 44.1. The second-order valence-corrected chi connectivity index (χ2v) is 31.8. The quantitative estimate of drug-likeness (QED) is 0.0222. The van der Waals surface area contributed by atoms with E-state index in [1.165, 1.54) is 238 Å². The van der Waals surface area contributed by atoms with Crippen molar-refractivity contribution < 1.29 is 80.2 Å². The summed E-state index contributed by atoms with van der Waals surface area (Å²) >= 11 is 0. The highest BCUT2D eigenvalue weighted by atomic mass is 31.2. The first-order chi connectivity index (χ1) is 47.5. The molecule has 0 aromatic carbocycles. The Labute approximate surface area is 600 Å². The van der Waals surface area contributed by atoms with Gasteiger partial charge in [0.15, 0.2) is 12.2 Å². The molecule has 0 fully saturated rings. The third-order valence-corrected chi connectivity index (χ3v) is 20.4. The van der Waals surface area contributed by atoms with Crippen molar-refractivity contribution in [2.75, 3.05) is 39.6 Å². The van der Waals surface area contributed by atoms with Crippen LogP contribution < -0.4 is 0 Å². The van der Waals surface area contributed by atoms with Crippen LogP contribution >= 0.6 is 15.6 Å². The molecule has 0 spiro atoms. The van der Waals surface area contributed by atoms with Crippen LogP contribution in [0, 0.1) is 5.92 Å². The first-order valence-electron chi connectivity index (χ1n) is 41.1. The molecule has 0 saturated heterocycles. The van der Waals surface area contributed by atoms with Gasteiger partial charge in [-0.15, -0.1) is 0 Å². The Hall–Kier alpha value is -1.94. The number of ether oxygens (including phenoxy) is 4. The minimum absolute atomic E-state index is 0.107. The highest BCUT2D eigenvalue weighted by Crippen LogP contribution is 2.45. The van der Waals surface area contributed by atoms with Crippen LogP contribution in [-0.4, -0.2) is 96.7 Å². The number of carbonyl (C=O) groups excluding carboxylic acids is 4. The molecule has 0 saturated carbocycles. The Kier molecular flexibility index (Phi) is 70.6. The molecule has 0 radical (unpaired) electrons. The summed E-state index contributed by atoms with van der Waals surface area (Å²) in [5.74, 6) is -1.31.